The van der Waals surface area contributed by atoms with E-state index < -0.39 is 0 Å². The van der Waals surface area contributed by atoms with Gasteiger partial charge in [0.1, 0.15) is 18.0 Å². The summed E-state index contributed by atoms with van der Waals surface area (Å²) in [5, 5.41) is 2.22. The van der Waals surface area contributed by atoms with Gasteiger partial charge in [-0.1, -0.05) is 31.2 Å². The van der Waals surface area contributed by atoms with E-state index in [0.717, 1.165) is 46.1 Å². The van der Waals surface area contributed by atoms with Gasteiger partial charge in [-0.2, -0.15) is 0 Å². The SMILES string of the molecule is CC(=O)OC1C[C@H]2[C@@H]3OC4=C(C=C3C=C[C@]2(C)[C@H]1c1ccc2ccncc2c1)C(=O)CCC4. The summed E-state index contributed by atoms with van der Waals surface area (Å²) in [6.07, 6.45) is 12.7. The molecule has 0 saturated heterocycles. The molecule has 0 amide bonds. The predicted molar refractivity (Wildman–Crippen MR) is 124 cm³/mol. The minimum atomic E-state index is -0.262. The minimum Gasteiger partial charge on any atom is -0.489 e. The topological polar surface area (TPSA) is 65.5 Å². The first-order valence-electron chi connectivity index (χ1n) is 11.8. The van der Waals surface area contributed by atoms with Crippen molar-refractivity contribution in [2.45, 2.75) is 57.7 Å². The van der Waals surface area contributed by atoms with Crippen molar-refractivity contribution >= 4 is 22.5 Å². The Labute approximate surface area is 193 Å². The van der Waals surface area contributed by atoms with Crippen molar-refractivity contribution in [1.82, 2.24) is 4.98 Å². The molecule has 1 saturated carbocycles. The number of esters is 1. The fraction of sp³-hybridized carbons (Fsp3) is 0.393. The van der Waals surface area contributed by atoms with E-state index in [1.54, 1.807) is 6.20 Å². The van der Waals surface area contributed by atoms with Crippen LogP contribution >= 0.6 is 0 Å². The molecule has 4 aliphatic rings. The van der Waals surface area contributed by atoms with Gasteiger partial charge < -0.3 is 9.47 Å². The molecule has 6 rings (SSSR count). The van der Waals surface area contributed by atoms with Gasteiger partial charge in [-0.15, -0.1) is 0 Å². The highest BCUT2D eigenvalue weighted by Crippen LogP contribution is 2.60. The number of carbonyl (C=O) groups is 2. The number of hydrogen-bond acceptors (Lipinski definition) is 5. The van der Waals surface area contributed by atoms with Gasteiger partial charge in [-0.05, 0) is 47.6 Å². The molecular weight excluding hydrogens is 414 g/mol. The number of Topliss-reactive ketones (excluding diaryl/α,β-unsaturated/α-hetero) is 1. The van der Waals surface area contributed by atoms with E-state index in [9.17, 15) is 9.59 Å². The second-order valence-electron chi connectivity index (χ2n) is 9.95. The van der Waals surface area contributed by atoms with E-state index in [0.29, 0.717) is 12.8 Å². The van der Waals surface area contributed by atoms with Crippen LogP contribution in [0, 0.1) is 11.3 Å². The molecule has 0 N–H and O–H groups in total. The Bertz CT molecular complexity index is 1270. The van der Waals surface area contributed by atoms with Crippen LogP contribution in [-0.2, 0) is 19.1 Å². The number of rotatable bonds is 2. The first kappa shape index (κ1) is 20.4. The number of ether oxygens (including phenoxy) is 2. The molecule has 1 aromatic carbocycles. The van der Waals surface area contributed by atoms with Gasteiger partial charge in [0.05, 0.1) is 5.57 Å². The summed E-state index contributed by atoms with van der Waals surface area (Å²) in [4.78, 5) is 28.8. The Morgan fingerprint density at radius 1 is 1.21 bits per heavy atom. The third-order valence-corrected chi connectivity index (χ3v) is 7.99. The average Bonchev–Trinajstić information content (AvgIpc) is 3.09. The maximum atomic E-state index is 12.4. The monoisotopic (exact) mass is 441 g/mol. The Balaban J connectivity index is 1.44. The summed E-state index contributed by atoms with van der Waals surface area (Å²) in [5.41, 5.74) is 2.69. The van der Waals surface area contributed by atoms with Gasteiger partial charge in [-0.3, -0.25) is 14.6 Å². The zero-order chi connectivity index (χ0) is 22.7. The Hall–Kier alpha value is -3.21. The first-order valence-corrected chi connectivity index (χ1v) is 11.8. The second-order valence-corrected chi connectivity index (χ2v) is 9.95. The fourth-order valence-corrected chi connectivity index (χ4v) is 6.47. The van der Waals surface area contributed by atoms with Crippen LogP contribution in [0.25, 0.3) is 10.8 Å². The zero-order valence-corrected chi connectivity index (χ0v) is 18.9. The smallest absolute Gasteiger partial charge is 0.302 e. The minimum absolute atomic E-state index is 0.000713. The number of aromatic nitrogens is 1. The van der Waals surface area contributed by atoms with Crippen molar-refractivity contribution in [2.24, 2.45) is 11.3 Å². The molecule has 5 nitrogen and oxygen atoms in total. The number of allylic oxidation sites excluding steroid dienone is 4. The molecule has 0 spiro atoms. The van der Waals surface area contributed by atoms with Crippen molar-refractivity contribution in [3.63, 3.8) is 0 Å². The number of benzene rings is 1. The van der Waals surface area contributed by atoms with Gasteiger partial charge in [0, 0.05) is 54.8 Å². The molecule has 1 fully saturated rings. The quantitative estimate of drug-likeness (QED) is 0.601. The predicted octanol–water partition coefficient (Wildman–Crippen LogP) is 5.18. The standard InChI is InChI=1S/C28H27NO4/c1-16(30)32-25-14-22-27-19(13-21-23(31)4-3-5-24(21)33-27)8-10-28(22,2)26(25)18-7-6-17-9-11-29-15-20(17)12-18/h6-13,15,22,25-27H,3-5,14H2,1-2H3/t22-,25?,26-,27+,28-/m0/s1. The normalized spacial score (nSPS) is 32.5. The van der Waals surface area contributed by atoms with Gasteiger partial charge in [0.2, 0.25) is 0 Å². The third-order valence-electron chi connectivity index (χ3n) is 7.99. The first-order chi connectivity index (χ1) is 15.9. The molecule has 3 aliphatic carbocycles. The Kier molecular flexibility index (Phi) is 4.58. The van der Waals surface area contributed by atoms with Crippen molar-refractivity contribution < 1.29 is 19.1 Å². The van der Waals surface area contributed by atoms with Crippen LogP contribution in [0.3, 0.4) is 0 Å². The maximum Gasteiger partial charge on any atom is 0.302 e. The highest BCUT2D eigenvalue weighted by Gasteiger charge is 2.58. The molecule has 5 heteroatoms. The van der Waals surface area contributed by atoms with Gasteiger partial charge in [-0.25, -0.2) is 0 Å². The van der Waals surface area contributed by atoms with Crippen LogP contribution in [0.2, 0.25) is 0 Å². The Morgan fingerprint density at radius 2 is 2.09 bits per heavy atom. The molecule has 33 heavy (non-hydrogen) atoms. The number of carbonyl (C=O) groups excluding carboxylic acids is 2. The Morgan fingerprint density at radius 3 is 2.94 bits per heavy atom. The van der Waals surface area contributed by atoms with E-state index in [4.69, 9.17) is 9.47 Å². The molecule has 2 heterocycles. The molecule has 2 aromatic rings. The van der Waals surface area contributed by atoms with Crippen LogP contribution in [0.15, 0.2) is 71.8 Å². The summed E-state index contributed by atoms with van der Waals surface area (Å²) in [5.74, 6) is 0.888. The highest BCUT2D eigenvalue weighted by atomic mass is 16.5. The van der Waals surface area contributed by atoms with Crippen LogP contribution in [-0.4, -0.2) is 28.9 Å². The molecule has 0 bridgehead atoms. The maximum absolute atomic E-state index is 12.4. The molecule has 5 atom stereocenters. The van der Waals surface area contributed by atoms with Crippen molar-refractivity contribution in [2.75, 3.05) is 0 Å². The summed E-state index contributed by atoms with van der Waals surface area (Å²) in [6, 6.07) is 8.45. The van der Waals surface area contributed by atoms with Crippen LogP contribution < -0.4 is 0 Å². The van der Waals surface area contributed by atoms with Crippen molar-refractivity contribution in [1.29, 1.82) is 0 Å². The lowest BCUT2D eigenvalue weighted by Crippen LogP contribution is -2.41. The molecule has 168 valence electrons. The lowest BCUT2D eigenvalue weighted by atomic mass is 9.64. The summed E-state index contributed by atoms with van der Waals surface area (Å²) < 4.78 is 12.5. The van der Waals surface area contributed by atoms with E-state index in [1.165, 1.54) is 6.92 Å². The number of nitrogens with zero attached hydrogens (tertiary/aromatic N) is 1. The van der Waals surface area contributed by atoms with Gasteiger partial charge in [0.25, 0.3) is 0 Å². The fourth-order valence-electron chi connectivity index (χ4n) is 6.47. The van der Waals surface area contributed by atoms with E-state index >= 15 is 0 Å². The van der Waals surface area contributed by atoms with E-state index in [-0.39, 0.29) is 41.2 Å². The lowest BCUT2D eigenvalue weighted by Gasteiger charge is -2.44. The second kappa shape index (κ2) is 7.41. The van der Waals surface area contributed by atoms with Crippen LogP contribution in [0.4, 0.5) is 0 Å². The summed E-state index contributed by atoms with van der Waals surface area (Å²) in [7, 11) is 0. The number of hydrogen-bond donors (Lipinski definition) is 0. The number of fused-ring (bicyclic) bond motifs is 4. The highest BCUT2D eigenvalue weighted by molar-refractivity contribution is 5.99. The zero-order valence-electron chi connectivity index (χ0n) is 18.9. The summed E-state index contributed by atoms with van der Waals surface area (Å²) >= 11 is 0. The molecule has 0 radical (unpaired) electrons. The average molecular weight is 442 g/mol. The van der Waals surface area contributed by atoms with Gasteiger partial charge >= 0.3 is 5.97 Å². The summed E-state index contributed by atoms with van der Waals surface area (Å²) in [6.45, 7) is 3.74. The molecule has 1 aliphatic heterocycles. The lowest BCUT2D eigenvalue weighted by molar-refractivity contribution is -0.147. The molecular formula is C28H27NO4. The number of ketones is 1. The number of pyridine rings is 1. The molecule has 1 unspecified atom stereocenters. The largest absolute Gasteiger partial charge is 0.489 e. The third kappa shape index (κ3) is 3.17. The molecule has 1 aromatic heterocycles. The van der Waals surface area contributed by atoms with E-state index in [1.807, 2.05) is 18.3 Å². The van der Waals surface area contributed by atoms with Crippen LogP contribution in [0.5, 0.6) is 0 Å². The van der Waals surface area contributed by atoms with Crippen molar-refractivity contribution in [3.8, 4) is 0 Å². The van der Waals surface area contributed by atoms with E-state index in [2.05, 4.69) is 42.3 Å². The van der Waals surface area contributed by atoms with Gasteiger partial charge in [0.15, 0.2) is 5.78 Å². The van der Waals surface area contributed by atoms with Crippen molar-refractivity contribution in [3.05, 3.63) is 77.4 Å². The van der Waals surface area contributed by atoms with Crippen LogP contribution in [0.1, 0.15) is 51.0 Å².